The predicted molar refractivity (Wildman–Crippen MR) is 56.5 cm³/mol. The van der Waals surface area contributed by atoms with Crippen LogP contribution in [0.15, 0.2) is 5.16 Å². The fourth-order valence-electron chi connectivity index (χ4n) is 0.897. The molecule has 7 heteroatoms. The fraction of sp³-hybridized carbons (Fsp3) is 0.625. The molecular formula is C8H14N4O2S. The molecule has 1 rings (SSSR count). The topological polar surface area (TPSA) is 83.0 Å². The highest BCUT2D eigenvalue weighted by molar-refractivity contribution is 7.99. The second-order valence-corrected chi connectivity index (χ2v) is 4.02. The Balaban J connectivity index is 2.50. The van der Waals surface area contributed by atoms with Crippen molar-refractivity contribution in [3.63, 3.8) is 0 Å². The molecule has 0 bridgehead atoms. The molecule has 2 N–H and O–H groups in total. The first-order valence-electron chi connectivity index (χ1n) is 4.38. The molecule has 84 valence electrons. The largest absolute Gasteiger partial charge is 0.468 e. The first-order valence-corrected chi connectivity index (χ1v) is 5.37. The highest BCUT2D eigenvalue weighted by atomic mass is 32.2. The van der Waals surface area contributed by atoms with Crippen molar-refractivity contribution in [3.05, 3.63) is 5.82 Å². The Bertz CT molecular complexity index is 352. The van der Waals surface area contributed by atoms with E-state index in [4.69, 9.17) is 5.73 Å². The molecule has 0 saturated heterocycles. The molecule has 0 aliphatic heterocycles. The third kappa shape index (κ3) is 2.93. The van der Waals surface area contributed by atoms with Gasteiger partial charge in [-0.25, -0.2) is 0 Å². The predicted octanol–water partition coefficient (Wildman–Crippen LogP) is -0.284. The fourth-order valence-corrected chi connectivity index (χ4v) is 1.79. The highest BCUT2D eigenvalue weighted by Gasteiger charge is 2.15. The molecule has 0 saturated carbocycles. The minimum Gasteiger partial charge on any atom is -0.468 e. The minimum absolute atomic E-state index is 0.415. The molecule has 1 aromatic heterocycles. The lowest BCUT2D eigenvalue weighted by atomic mass is 10.4. The quantitative estimate of drug-likeness (QED) is 0.565. The number of esters is 1. The zero-order chi connectivity index (χ0) is 11.4. The highest BCUT2D eigenvalue weighted by Crippen LogP contribution is 2.15. The molecule has 0 fully saturated rings. The van der Waals surface area contributed by atoms with Crippen molar-refractivity contribution in [1.82, 2.24) is 14.8 Å². The van der Waals surface area contributed by atoms with E-state index >= 15 is 0 Å². The molecule has 0 amide bonds. The summed E-state index contributed by atoms with van der Waals surface area (Å²) in [7, 11) is 3.18. The van der Waals surface area contributed by atoms with E-state index in [-0.39, 0.29) is 0 Å². The van der Waals surface area contributed by atoms with Crippen LogP contribution >= 0.6 is 11.8 Å². The first-order chi connectivity index (χ1) is 7.06. The molecule has 0 spiro atoms. The third-order valence-corrected chi connectivity index (χ3v) is 3.09. The van der Waals surface area contributed by atoms with E-state index in [1.54, 1.807) is 0 Å². The smallest absolute Gasteiger partial charge is 0.323 e. The lowest BCUT2D eigenvalue weighted by Crippen LogP contribution is -2.33. The van der Waals surface area contributed by atoms with Crippen molar-refractivity contribution in [1.29, 1.82) is 0 Å². The Labute approximate surface area is 92.2 Å². The Morgan fingerprint density at radius 1 is 1.67 bits per heavy atom. The van der Waals surface area contributed by atoms with Crippen molar-refractivity contribution < 1.29 is 9.53 Å². The number of nitrogens with zero attached hydrogens (tertiary/aromatic N) is 3. The second-order valence-electron chi connectivity index (χ2n) is 3.03. The van der Waals surface area contributed by atoms with Crippen molar-refractivity contribution >= 4 is 17.7 Å². The van der Waals surface area contributed by atoms with Gasteiger partial charge in [0.05, 0.1) is 7.11 Å². The number of methoxy groups -OCH3 is 1. The van der Waals surface area contributed by atoms with Gasteiger partial charge >= 0.3 is 5.97 Å². The van der Waals surface area contributed by atoms with E-state index in [0.717, 1.165) is 11.0 Å². The van der Waals surface area contributed by atoms with Gasteiger partial charge in [0.1, 0.15) is 11.9 Å². The summed E-state index contributed by atoms with van der Waals surface area (Å²) in [6.45, 7) is 1.86. The number of carbonyl (C=O) groups is 1. The number of thioether (sulfide) groups is 1. The Morgan fingerprint density at radius 2 is 2.33 bits per heavy atom. The van der Waals surface area contributed by atoms with Gasteiger partial charge in [0.2, 0.25) is 0 Å². The monoisotopic (exact) mass is 230 g/mol. The van der Waals surface area contributed by atoms with Crippen LogP contribution in [0, 0.1) is 6.92 Å². The first kappa shape index (κ1) is 12.0. The maximum atomic E-state index is 11.0. The van der Waals surface area contributed by atoms with E-state index in [1.807, 2.05) is 18.5 Å². The number of rotatable bonds is 4. The van der Waals surface area contributed by atoms with Gasteiger partial charge in [-0.15, -0.1) is 10.2 Å². The third-order valence-electron chi connectivity index (χ3n) is 1.95. The minimum atomic E-state index is -0.628. The van der Waals surface area contributed by atoms with E-state index in [2.05, 4.69) is 14.9 Å². The van der Waals surface area contributed by atoms with Crippen LogP contribution in [0.5, 0.6) is 0 Å². The molecule has 15 heavy (non-hydrogen) atoms. The summed E-state index contributed by atoms with van der Waals surface area (Å²) >= 11 is 1.38. The zero-order valence-corrected chi connectivity index (χ0v) is 9.74. The summed E-state index contributed by atoms with van der Waals surface area (Å²) in [5, 5.41) is 8.58. The van der Waals surface area contributed by atoms with Gasteiger partial charge in [0.15, 0.2) is 5.16 Å². The second kappa shape index (κ2) is 5.13. The van der Waals surface area contributed by atoms with Gasteiger partial charge in [-0.3, -0.25) is 4.79 Å². The van der Waals surface area contributed by atoms with Crippen LogP contribution in [0.3, 0.4) is 0 Å². The Morgan fingerprint density at radius 3 is 2.80 bits per heavy atom. The van der Waals surface area contributed by atoms with Crippen LogP contribution in [0.2, 0.25) is 0 Å². The van der Waals surface area contributed by atoms with Crippen molar-refractivity contribution in [2.75, 3.05) is 12.9 Å². The number of carbonyl (C=O) groups excluding carboxylic acids is 1. The number of aryl methyl sites for hydroxylation is 1. The number of hydrogen-bond acceptors (Lipinski definition) is 6. The lowest BCUT2D eigenvalue weighted by molar-refractivity contribution is -0.141. The van der Waals surface area contributed by atoms with Crippen LogP contribution in [0.25, 0.3) is 0 Å². The van der Waals surface area contributed by atoms with Crippen molar-refractivity contribution in [3.8, 4) is 0 Å². The van der Waals surface area contributed by atoms with Crippen LogP contribution in [-0.2, 0) is 16.6 Å². The van der Waals surface area contributed by atoms with Gasteiger partial charge in [-0.1, -0.05) is 11.8 Å². The zero-order valence-electron chi connectivity index (χ0n) is 8.93. The lowest BCUT2D eigenvalue weighted by Gasteiger charge is -2.07. The summed E-state index contributed by atoms with van der Waals surface area (Å²) in [4.78, 5) is 11.0. The summed E-state index contributed by atoms with van der Waals surface area (Å²) in [5.41, 5.74) is 5.58. The average Bonchev–Trinajstić information content (AvgIpc) is 2.55. The summed E-state index contributed by atoms with van der Waals surface area (Å²) < 4.78 is 6.36. The van der Waals surface area contributed by atoms with Gasteiger partial charge < -0.3 is 15.0 Å². The van der Waals surface area contributed by atoms with Crippen LogP contribution in [0.4, 0.5) is 0 Å². The summed E-state index contributed by atoms with van der Waals surface area (Å²) in [5.74, 6) is 0.837. The van der Waals surface area contributed by atoms with Crippen LogP contribution in [0.1, 0.15) is 5.82 Å². The maximum absolute atomic E-state index is 11.0. The molecule has 1 unspecified atom stereocenters. The van der Waals surface area contributed by atoms with Crippen molar-refractivity contribution in [2.45, 2.75) is 18.1 Å². The van der Waals surface area contributed by atoms with Gasteiger partial charge in [-0.05, 0) is 6.92 Å². The molecule has 1 aromatic rings. The van der Waals surface area contributed by atoms with E-state index in [9.17, 15) is 4.79 Å². The number of nitrogens with two attached hydrogens (primary N) is 1. The normalized spacial score (nSPS) is 12.5. The molecule has 0 aliphatic carbocycles. The van der Waals surface area contributed by atoms with Gasteiger partial charge in [-0.2, -0.15) is 0 Å². The van der Waals surface area contributed by atoms with Gasteiger partial charge in [0, 0.05) is 12.8 Å². The Hall–Kier alpha value is -1.08. The maximum Gasteiger partial charge on any atom is 0.323 e. The van der Waals surface area contributed by atoms with Crippen molar-refractivity contribution in [2.24, 2.45) is 12.8 Å². The van der Waals surface area contributed by atoms with E-state index in [1.165, 1.54) is 18.9 Å². The molecule has 0 radical (unpaired) electrons. The molecule has 0 aliphatic rings. The summed E-state index contributed by atoms with van der Waals surface area (Å²) in [6, 6.07) is -0.628. The molecule has 6 nitrogen and oxygen atoms in total. The number of hydrogen-bond donors (Lipinski definition) is 1. The molecule has 1 atom stereocenters. The molecule has 0 aromatic carbocycles. The number of aromatic nitrogens is 3. The van der Waals surface area contributed by atoms with Crippen LogP contribution < -0.4 is 5.73 Å². The summed E-state index contributed by atoms with van der Waals surface area (Å²) in [6.07, 6.45) is 0. The number of ether oxygens (including phenoxy) is 1. The SMILES string of the molecule is COC(=O)C(N)CSc1nnc(C)n1C. The van der Waals surface area contributed by atoms with Gasteiger partial charge in [0.25, 0.3) is 0 Å². The molecular weight excluding hydrogens is 216 g/mol. The van der Waals surface area contributed by atoms with E-state index < -0.39 is 12.0 Å². The van der Waals surface area contributed by atoms with E-state index in [0.29, 0.717) is 5.75 Å². The standard InChI is InChI=1S/C8H14N4O2S/c1-5-10-11-8(12(5)2)15-4-6(9)7(13)14-3/h6H,4,9H2,1-3H3. The molecule has 1 heterocycles. The van der Waals surface area contributed by atoms with Crippen LogP contribution in [-0.4, -0.2) is 39.6 Å². The average molecular weight is 230 g/mol. The Kier molecular flexibility index (Phi) is 4.10.